The molecule has 0 atom stereocenters. The van der Waals surface area contributed by atoms with E-state index >= 15 is 0 Å². The van der Waals surface area contributed by atoms with E-state index in [0.29, 0.717) is 12.1 Å². The summed E-state index contributed by atoms with van der Waals surface area (Å²) in [4.78, 5) is 0. The summed E-state index contributed by atoms with van der Waals surface area (Å²) in [5, 5.41) is 6.89. The van der Waals surface area contributed by atoms with E-state index in [0.717, 1.165) is 10.2 Å². The first kappa shape index (κ1) is 14.1. The van der Waals surface area contributed by atoms with Crippen molar-refractivity contribution < 1.29 is 4.74 Å². The van der Waals surface area contributed by atoms with Crippen molar-refractivity contribution in [2.24, 2.45) is 0 Å². The van der Waals surface area contributed by atoms with E-state index in [1.807, 2.05) is 0 Å². The quantitative estimate of drug-likeness (QED) is 0.500. The molecule has 0 aromatic rings. The molecule has 3 nitrogen and oxygen atoms in total. The maximum atomic E-state index is 5.90. The van der Waals surface area contributed by atoms with Crippen LogP contribution in [0.3, 0.4) is 0 Å². The third-order valence-electron chi connectivity index (χ3n) is 1.60. The molecule has 0 aliphatic carbocycles. The Morgan fingerprint density at radius 1 is 0.929 bits per heavy atom. The maximum Gasteiger partial charge on any atom is 0.146 e. The molecule has 0 bridgehead atoms. The third-order valence-corrected chi connectivity index (χ3v) is 2.41. The van der Waals surface area contributed by atoms with Crippen LogP contribution in [0.4, 0.5) is 0 Å². The highest BCUT2D eigenvalue weighted by Crippen LogP contribution is 2.05. The van der Waals surface area contributed by atoms with Gasteiger partial charge < -0.3 is 4.74 Å². The zero-order chi connectivity index (χ0) is 11.4. The summed E-state index contributed by atoms with van der Waals surface area (Å²) >= 11 is 0. The Hall–Kier alpha value is 0.0969. The fraction of sp³-hybridized carbons (Fsp3) is 1.00. The van der Waals surface area contributed by atoms with Crippen molar-refractivity contribution in [2.45, 2.75) is 65.2 Å². The molecule has 0 aromatic heterocycles. The molecule has 0 rings (SSSR count). The Morgan fingerprint density at radius 2 is 1.29 bits per heavy atom. The first-order chi connectivity index (χ1) is 6.25. The van der Waals surface area contributed by atoms with Crippen molar-refractivity contribution >= 4 is 10.2 Å². The molecule has 14 heavy (non-hydrogen) atoms. The summed E-state index contributed by atoms with van der Waals surface area (Å²) in [5.74, 6) is 0. The van der Waals surface area contributed by atoms with Crippen molar-refractivity contribution in [2.75, 3.05) is 0 Å². The van der Waals surface area contributed by atoms with Crippen LogP contribution in [0.2, 0.25) is 0 Å². The van der Waals surface area contributed by atoms with Gasteiger partial charge in [0.2, 0.25) is 0 Å². The minimum atomic E-state index is -0.295. The molecule has 86 valence electrons. The summed E-state index contributed by atoms with van der Waals surface area (Å²) in [6.45, 7) is 12.7. The summed E-state index contributed by atoms with van der Waals surface area (Å²) < 4.78 is 5.90. The first-order valence-corrected chi connectivity index (χ1v) is 6.48. The number of ether oxygens (including phenoxy) is 1. The van der Waals surface area contributed by atoms with Gasteiger partial charge in [0.25, 0.3) is 0 Å². The van der Waals surface area contributed by atoms with Gasteiger partial charge in [-0.3, -0.25) is 10.6 Å². The molecule has 0 fully saturated rings. The molecule has 0 aliphatic rings. The lowest BCUT2D eigenvalue weighted by Crippen LogP contribution is -2.64. The van der Waals surface area contributed by atoms with E-state index < -0.39 is 0 Å². The normalized spacial score (nSPS) is 13.5. The fourth-order valence-corrected chi connectivity index (χ4v) is 3.31. The lowest BCUT2D eigenvalue weighted by molar-refractivity contribution is -0.0742. The molecule has 0 spiro atoms. The number of nitrogens with one attached hydrogen (secondary N) is 2. The van der Waals surface area contributed by atoms with Crippen molar-refractivity contribution in [1.29, 1.82) is 0 Å². The highest BCUT2D eigenvalue weighted by atomic mass is 28.1. The lowest BCUT2D eigenvalue weighted by Gasteiger charge is -2.37. The Balaban J connectivity index is 4.32. The lowest BCUT2D eigenvalue weighted by atomic mass is 10.3. The van der Waals surface area contributed by atoms with Gasteiger partial charge in [-0.1, -0.05) is 0 Å². The van der Waals surface area contributed by atoms with Crippen LogP contribution in [0.15, 0.2) is 0 Å². The molecule has 0 aliphatic heterocycles. The van der Waals surface area contributed by atoms with E-state index in [4.69, 9.17) is 4.74 Å². The van der Waals surface area contributed by atoms with Gasteiger partial charge in [-0.05, 0) is 41.5 Å². The molecule has 2 N–H and O–H groups in total. The van der Waals surface area contributed by atoms with Gasteiger partial charge in [-0.2, -0.15) is 0 Å². The second-order valence-electron chi connectivity index (χ2n) is 4.80. The van der Waals surface area contributed by atoms with Gasteiger partial charge >= 0.3 is 0 Å². The molecule has 0 radical (unpaired) electrons. The third kappa shape index (κ3) is 6.54. The average molecular weight is 218 g/mol. The first-order valence-electron chi connectivity index (χ1n) is 5.48. The van der Waals surface area contributed by atoms with Crippen LogP contribution in [-0.2, 0) is 4.74 Å². The summed E-state index contributed by atoms with van der Waals surface area (Å²) in [7, 11) is 0.918. The Bertz CT molecular complexity index is 134. The van der Waals surface area contributed by atoms with E-state index in [-0.39, 0.29) is 11.6 Å². The van der Waals surface area contributed by atoms with Crippen molar-refractivity contribution in [1.82, 2.24) is 10.6 Å². The van der Waals surface area contributed by atoms with Crippen LogP contribution in [0.1, 0.15) is 41.5 Å². The van der Waals surface area contributed by atoms with Gasteiger partial charge in [-0.15, -0.1) is 0 Å². The molecular formula is C10H26N2OSi. The zero-order valence-electron chi connectivity index (χ0n) is 10.6. The minimum Gasteiger partial charge on any atom is -0.350 e. The molecular weight excluding hydrogens is 192 g/mol. The summed E-state index contributed by atoms with van der Waals surface area (Å²) in [5.41, 5.74) is -0.295. The summed E-state index contributed by atoms with van der Waals surface area (Å²) in [6, 6.07) is 0.856. The predicted molar refractivity (Wildman–Crippen MR) is 65.4 cm³/mol. The van der Waals surface area contributed by atoms with E-state index in [1.54, 1.807) is 0 Å². The van der Waals surface area contributed by atoms with Crippen molar-refractivity contribution in [3.05, 3.63) is 0 Å². The second kappa shape index (κ2) is 5.85. The van der Waals surface area contributed by atoms with Crippen molar-refractivity contribution in [3.8, 4) is 0 Å². The van der Waals surface area contributed by atoms with Crippen LogP contribution >= 0.6 is 0 Å². The Morgan fingerprint density at radius 3 is 1.50 bits per heavy atom. The average Bonchev–Trinajstić information content (AvgIpc) is 1.76. The smallest absolute Gasteiger partial charge is 0.146 e. The highest BCUT2D eigenvalue weighted by Gasteiger charge is 2.26. The molecule has 4 heteroatoms. The second-order valence-corrected chi connectivity index (χ2v) is 6.21. The fourth-order valence-electron chi connectivity index (χ4n) is 1.68. The number of hydrogen-bond donors (Lipinski definition) is 2. The molecule has 0 aromatic carbocycles. The molecule has 0 heterocycles. The molecule has 0 unspecified atom stereocenters. The van der Waals surface area contributed by atoms with Crippen molar-refractivity contribution in [3.63, 3.8) is 0 Å². The van der Waals surface area contributed by atoms with E-state index in [9.17, 15) is 0 Å². The minimum absolute atomic E-state index is 0.241. The van der Waals surface area contributed by atoms with E-state index in [2.05, 4.69) is 52.2 Å². The van der Waals surface area contributed by atoms with Gasteiger partial charge in [-0.25, -0.2) is 0 Å². The molecule has 0 saturated heterocycles. The molecule has 0 amide bonds. The van der Waals surface area contributed by atoms with Crippen LogP contribution in [0, 0.1) is 0 Å². The van der Waals surface area contributed by atoms with Gasteiger partial charge in [0.1, 0.15) is 5.47 Å². The topological polar surface area (TPSA) is 33.3 Å². The summed E-state index contributed by atoms with van der Waals surface area (Å²) in [6.07, 6.45) is 0.241. The van der Waals surface area contributed by atoms with Gasteiger partial charge in [0.05, 0.1) is 16.3 Å². The highest BCUT2D eigenvalue weighted by molar-refractivity contribution is 6.13. The van der Waals surface area contributed by atoms with E-state index in [1.165, 1.54) is 0 Å². The SMILES string of the molecule is CC(C)NC([SiH3])(NC(C)C)OC(C)C. The predicted octanol–water partition coefficient (Wildman–Crippen LogP) is 0.384. The number of hydrogen-bond acceptors (Lipinski definition) is 3. The number of rotatable bonds is 6. The standard InChI is InChI=1S/C10H26N2OSi/c1-7(2)11-10(14,12-8(3)4)13-9(5)6/h7-9,11-12H,1-6,14H3. The zero-order valence-corrected chi connectivity index (χ0v) is 12.6. The van der Waals surface area contributed by atoms with Crippen LogP contribution in [0.5, 0.6) is 0 Å². The Kier molecular flexibility index (Phi) is 5.89. The Labute approximate surface area is 91.4 Å². The van der Waals surface area contributed by atoms with Crippen LogP contribution < -0.4 is 10.6 Å². The molecule has 0 saturated carbocycles. The largest absolute Gasteiger partial charge is 0.350 e. The van der Waals surface area contributed by atoms with Gasteiger partial charge in [0.15, 0.2) is 0 Å². The van der Waals surface area contributed by atoms with Crippen LogP contribution in [0.25, 0.3) is 0 Å². The monoisotopic (exact) mass is 218 g/mol. The maximum absolute atomic E-state index is 5.90. The van der Waals surface area contributed by atoms with Gasteiger partial charge in [0, 0.05) is 12.1 Å². The van der Waals surface area contributed by atoms with Crippen LogP contribution in [-0.4, -0.2) is 33.9 Å².